The highest BCUT2D eigenvalue weighted by Gasteiger charge is 2.24. The van der Waals surface area contributed by atoms with E-state index in [0.717, 1.165) is 30.9 Å². The average Bonchev–Trinajstić information content (AvgIpc) is 3.24. The standard InChI is InChI=1S/C23H27N5O2/c1-2-30-21-10-8-20(9-11-21)16-26-12-14-27(15-13-26)23(29)22-18-28(25-24-22)17-19-6-4-3-5-7-19/h3-11,18H,2,12-17H2,1H3. The van der Waals surface area contributed by atoms with Gasteiger partial charge >= 0.3 is 0 Å². The van der Waals surface area contributed by atoms with Crippen LogP contribution >= 0.6 is 0 Å². The summed E-state index contributed by atoms with van der Waals surface area (Å²) in [4.78, 5) is 17.0. The number of rotatable bonds is 7. The van der Waals surface area contributed by atoms with Crippen LogP contribution in [0.1, 0.15) is 28.5 Å². The second-order valence-electron chi connectivity index (χ2n) is 7.43. The molecule has 7 heteroatoms. The Hall–Kier alpha value is -3.19. The Bertz CT molecular complexity index is 947. The second-order valence-corrected chi connectivity index (χ2v) is 7.43. The highest BCUT2D eigenvalue weighted by atomic mass is 16.5. The van der Waals surface area contributed by atoms with Gasteiger partial charge < -0.3 is 9.64 Å². The molecule has 30 heavy (non-hydrogen) atoms. The van der Waals surface area contributed by atoms with Gasteiger partial charge in [-0.2, -0.15) is 0 Å². The summed E-state index contributed by atoms with van der Waals surface area (Å²) in [7, 11) is 0. The van der Waals surface area contributed by atoms with Crippen LogP contribution in [0.25, 0.3) is 0 Å². The topological polar surface area (TPSA) is 63.5 Å². The first-order chi connectivity index (χ1) is 14.7. The molecule has 1 fully saturated rings. The Morgan fingerprint density at radius 1 is 0.933 bits per heavy atom. The van der Waals surface area contributed by atoms with Gasteiger partial charge in [-0.25, -0.2) is 4.68 Å². The third-order valence-corrected chi connectivity index (χ3v) is 5.25. The van der Waals surface area contributed by atoms with Gasteiger partial charge in [0.15, 0.2) is 5.69 Å². The third kappa shape index (κ3) is 5.04. The van der Waals surface area contributed by atoms with Crippen LogP contribution in [0.15, 0.2) is 60.8 Å². The largest absolute Gasteiger partial charge is 0.494 e. The van der Waals surface area contributed by atoms with Crippen LogP contribution < -0.4 is 4.74 Å². The van der Waals surface area contributed by atoms with Crippen LogP contribution in [-0.4, -0.2) is 63.5 Å². The number of hydrogen-bond donors (Lipinski definition) is 0. The zero-order valence-corrected chi connectivity index (χ0v) is 17.3. The summed E-state index contributed by atoms with van der Waals surface area (Å²) in [5.74, 6) is 0.854. The molecule has 0 bridgehead atoms. The van der Waals surface area contributed by atoms with Crippen molar-refractivity contribution in [3.8, 4) is 5.75 Å². The van der Waals surface area contributed by atoms with Crippen LogP contribution in [0.3, 0.4) is 0 Å². The Balaban J connectivity index is 1.28. The summed E-state index contributed by atoms with van der Waals surface area (Å²) < 4.78 is 7.21. The van der Waals surface area contributed by atoms with E-state index < -0.39 is 0 Å². The lowest BCUT2D eigenvalue weighted by atomic mass is 10.2. The van der Waals surface area contributed by atoms with E-state index in [1.165, 1.54) is 5.56 Å². The van der Waals surface area contributed by atoms with Crippen molar-refractivity contribution in [2.24, 2.45) is 0 Å². The van der Waals surface area contributed by atoms with Crippen molar-refractivity contribution >= 4 is 5.91 Å². The van der Waals surface area contributed by atoms with Crippen molar-refractivity contribution in [3.63, 3.8) is 0 Å². The van der Waals surface area contributed by atoms with Gasteiger partial charge in [0.05, 0.1) is 19.3 Å². The minimum Gasteiger partial charge on any atom is -0.494 e. The monoisotopic (exact) mass is 405 g/mol. The molecule has 0 atom stereocenters. The molecule has 4 rings (SSSR count). The van der Waals surface area contributed by atoms with E-state index in [1.54, 1.807) is 10.9 Å². The molecule has 7 nitrogen and oxygen atoms in total. The van der Waals surface area contributed by atoms with Crippen molar-refractivity contribution in [2.45, 2.75) is 20.0 Å². The molecule has 1 aromatic heterocycles. The summed E-state index contributed by atoms with van der Waals surface area (Å²) in [6.45, 7) is 7.23. The molecule has 156 valence electrons. The number of benzene rings is 2. The van der Waals surface area contributed by atoms with Crippen molar-refractivity contribution in [1.82, 2.24) is 24.8 Å². The SMILES string of the molecule is CCOc1ccc(CN2CCN(C(=O)c3cn(Cc4ccccc4)nn3)CC2)cc1. The highest BCUT2D eigenvalue weighted by molar-refractivity contribution is 5.92. The maximum atomic E-state index is 12.8. The molecule has 1 aliphatic heterocycles. The second kappa shape index (κ2) is 9.54. The van der Waals surface area contributed by atoms with Crippen LogP contribution in [0, 0.1) is 0 Å². The van der Waals surface area contributed by atoms with E-state index in [0.29, 0.717) is 31.9 Å². The first kappa shape index (κ1) is 20.1. The highest BCUT2D eigenvalue weighted by Crippen LogP contribution is 2.15. The molecule has 0 N–H and O–H groups in total. The Kier molecular flexibility index (Phi) is 6.39. The summed E-state index contributed by atoms with van der Waals surface area (Å²) in [5, 5.41) is 8.21. The minimum absolute atomic E-state index is 0.0463. The van der Waals surface area contributed by atoms with E-state index in [1.807, 2.05) is 54.3 Å². The molecule has 2 heterocycles. The van der Waals surface area contributed by atoms with Gasteiger partial charge in [0.2, 0.25) is 0 Å². The average molecular weight is 406 g/mol. The quantitative estimate of drug-likeness (QED) is 0.605. The fraction of sp³-hybridized carbons (Fsp3) is 0.348. The maximum absolute atomic E-state index is 12.8. The number of carbonyl (C=O) groups excluding carboxylic acids is 1. The lowest BCUT2D eigenvalue weighted by Crippen LogP contribution is -2.48. The summed E-state index contributed by atoms with van der Waals surface area (Å²) in [5.41, 5.74) is 2.79. The van der Waals surface area contributed by atoms with Gasteiger partial charge in [0.1, 0.15) is 5.75 Å². The van der Waals surface area contributed by atoms with Crippen LogP contribution in [0.2, 0.25) is 0 Å². The smallest absolute Gasteiger partial charge is 0.276 e. The molecule has 0 aliphatic carbocycles. The Morgan fingerprint density at radius 3 is 2.33 bits per heavy atom. The fourth-order valence-corrected chi connectivity index (χ4v) is 3.63. The first-order valence-electron chi connectivity index (χ1n) is 10.4. The third-order valence-electron chi connectivity index (χ3n) is 5.25. The van der Waals surface area contributed by atoms with Gasteiger partial charge in [0, 0.05) is 32.7 Å². The van der Waals surface area contributed by atoms with Crippen molar-refractivity contribution in [2.75, 3.05) is 32.8 Å². The van der Waals surface area contributed by atoms with Gasteiger partial charge in [-0.3, -0.25) is 9.69 Å². The predicted octanol–water partition coefficient (Wildman–Crippen LogP) is 2.68. The molecule has 0 spiro atoms. The zero-order chi connectivity index (χ0) is 20.8. The molecular formula is C23H27N5O2. The summed E-state index contributed by atoms with van der Waals surface area (Å²) >= 11 is 0. The van der Waals surface area contributed by atoms with Crippen molar-refractivity contribution in [1.29, 1.82) is 0 Å². The molecule has 1 saturated heterocycles. The number of amides is 1. The fourth-order valence-electron chi connectivity index (χ4n) is 3.63. The van der Waals surface area contributed by atoms with Crippen LogP contribution in [-0.2, 0) is 13.1 Å². The molecule has 0 radical (unpaired) electrons. The van der Waals surface area contributed by atoms with E-state index in [2.05, 4.69) is 27.3 Å². The normalized spacial score (nSPS) is 14.6. The van der Waals surface area contributed by atoms with Crippen molar-refractivity contribution in [3.05, 3.63) is 77.6 Å². The molecule has 0 saturated carbocycles. The van der Waals surface area contributed by atoms with E-state index in [9.17, 15) is 4.79 Å². The summed E-state index contributed by atoms with van der Waals surface area (Å²) in [6.07, 6.45) is 1.74. The number of hydrogen-bond acceptors (Lipinski definition) is 5. The minimum atomic E-state index is -0.0463. The molecule has 1 aliphatic rings. The molecule has 3 aromatic rings. The number of nitrogens with zero attached hydrogens (tertiary/aromatic N) is 5. The Labute approximate surface area is 176 Å². The van der Waals surface area contributed by atoms with Gasteiger partial charge in [0.25, 0.3) is 5.91 Å². The van der Waals surface area contributed by atoms with E-state index >= 15 is 0 Å². The van der Waals surface area contributed by atoms with Gasteiger partial charge in [-0.1, -0.05) is 47.7 Å². The first-order valence-corrected chi connectivity index (χ1v) is 10.4. The lowest BCUT2D eigenvalue weighted by molar-refractivity contribution is 0.0622. The molecule has 2 aromatic carbocycles. The number of aromatic nitrogens is 3. The number of ether oxygens (including phenoxy) is 1. The van der Waals surface area contributed by atoms with E-state index in [-0.39, 0.29) is 5.91 Å². The Morgan fingerprint density at radius 2 is 1.63 bits per heavy atom. The molecule has 1 amide bonds. The molecule has 0 unspecified atom stereocenters. The van der Waals surface area contributed by atoms with Crippen molar-refractivity contribution < 1.29 is 9.53 Å². The molecular weight excluding hydrogens is 378 g/mol. The zero-order valence-electron chi connectivity index (χ0n) is 17.3. The van der Waals surface area contributed by atoms with Gasteiger partial charge in [-0.05, 0) is 30.2 Å². The van der Waals surface area contributed by atoms with Crippen LogP contribution in [0.4, 0.5) is 0 Å². The lowest BCUT2D eigenvalue weighted by Gasteiger charge is -2.34. The van der Waals surface area contributed by atoms with E-state index in [4.69, 9.17) is 4.74 Å². The number of piperazine rings is 1. The number of carbonyl (C=O) groups is 1. The van der Waals surface area contributed by atoms with Gasteiger partial charge in [-0.15, -0.1) is 5.10 Å². The maximum Gasteiger partial charge on any atom is 0.276 e. The predicted molar refractivity (Wildman–Crippen MR) is 114 cm³/mol. The van der Waals surface area contributed by atoms with Crippen LogP contribution in [0.5, 0.6) is 5.75 Å². The summed E-state index contributed by atoms with van der Waals surface area (Å²) in [6, 6.07) is 18.3.